The summed E-state index contributed by atoms with van der Waals surface area (Å²) >= 11 is 14.1. The lowest BCUT2D eigenvalue weighted by atomic mass is 9.95. The molecule has 0 fully saturated rings. The maximum Gasteiger partial charge on any atom is 0.338 e. The average molecular weight is 624 g/mol. The van der Waals surface area contributed by atoms with Gasteiger partial charge in [-0.2, -0.15) is 0 Å². The average Bonchev–Trinajstić information content (AvgIpc) is 3.26. The van der Waals surface area contributed by atoms with Gasteiger partial charge < -0.3 is 14.2 Å². The van der Waals surface area contributed by atoms with Gasteiger partial charge in [0.2, 0.25) is 0 Å². The summed E-state index contributed by atoms with van der Waals surface area (Å²) in [6.07, 6.45) is 1.73. The smallest absolute Gasteiger partial charge is 0.338 e. The number of methoxy groups -OCH3 is 1. The van der Waals surface area contributed by atoms with Crippen molar-refractivity contribution in [3.63, 3.8) is 0 Å². The van der Waals surface area contributed by atoms with Crippen LogP contribution in [0.2, 0.25) is 10.0 Å². The fourth-order valence-corrected chi connectivity index (χ4v) is 6.25. The first-order chi connectivity index (χ1) is 20.2. The van der Waals surface area contributed by atoms with Gasteiger partial charge >= 0.3 is 5.97 Å². The lowest BCUT2D eigenvalue weighted by Crippen LogP contribution is -2.39. The molecule has 2 heterocycles. The Hall–Kier alpha value is -3.85. The van der Waals surface area contributed by atoms with Crippen LogP contribution in [-0.2, 0) is 16.1 Å². The molecule has 216 valence electrons. The zero-order chi connectivity index (χ0) is 30.0. The fraction of sp³-hybridized carbons (Fsp3) is 0.219. The van der Waals surface area contributed by atoms with E-state index in [0.717, 1.165) is 16.7 Å². The van der Waals surface area contributed by atoms with E-state index in [1.807, 2.05) is 49.4 Å². The van der Waals surface area contributed by atoms with Crippen LogP contribution in [0.15, 0.2) is 81.7 Å². The molecule has 4 aromatic rings. The van der Waals surface area contributed by atoms with Crippen molar-refractivity contribution in [2.75, 3.05) is 13.7 Å². The van der Waals surface area contributed by atoms with Crippen LogP contribution in [0, 0.1) is 6.92 Å². The van der Waals surface area contributed by atoms with Crippen molar-refractivity contribution in [3.8, 4) is 11.5 Å². The van der Waals surface area contributed by atoms with Crippen molar-refractivity contribution in [3.05, 3.63) is 124 Å². The van der Waals surface area contributed by atoms with Gasteiger partial charge in [0.05, 0.1) is 40.6 Å². The van der Waals surface area contributed by atoms with E-state index >= 15 is 0 Å². The van der Waals surface area contributed by atoms with Crippen molar-refractivity contribution in [2.24, 2.45) is 4.99 Å². The Labute approximate surface area is 256 Å². The van der Waals surface area contributed by atoms with Gasteiger partial charge in [0.1, 0.15) is 6.61 Å². The molecule has 0 N–H and O–H groups in total. The number of thiazole rings is 1. The Kier molecular flexibility index (Phi) is 8.87. The van der Waals surface area contributed by atoms with Gasteiger partial charge in [-0.3, -0.25) is 9.36 Å². The summed E-state index contributed by atoms with van der Waals surface area (Å²) in [6.45, 7) is 5.90. The van der Waals surface area contributed by atoms with Crippen molar-refractivity contribution < 1.29 is 19.0 Å². The Morgan fingerprint density at radius 3 is 2.50 bits per heavy atom. The number of allylic oxidation sites excluding steroid dienone is 1. The van der Waals surface area contributed by atoms with E-state index in [1.54, 1.807) is 42.7 Å². The molecule has 0 bridgehead atoms. The number of benzene rings is 3. The summed E-state index contributed by atoms with van der Waals surface area (Å²) in [4.78, 5) is 32.1. The van der Waals surface area contributed by atoms with Gasteiger partial charge in [-0.1, -0.05) is 82.6 Å². The highest BCUT2D eigenvalue weighted by Crippen LogP contribution is 2.37. The van der Waals surface area contributed by atoms with Gasteiger partial charge in [-0.25, -0.2) is 9.79 Å². The molecule has 1 aliphatic rings. The number of rotatable bonds is 8. The predicted molar refractivity (Wildman–Crippen MR) is 165 cm³/mol. The minimum absolute atomic E-state index is 0.203. The maximum atomic E-state index is 13.9. The third-order valence-corrected chi connectivity index (χ3v) is 8.42. The molecule has 1 atom stereocenters. The molecule has 1 aromatic heterocycles. The standard InChI is InChI=1S/C32H28Cl2N2O5S/c1-5-40-31(38)27-19(3)35-32-36(28(27)21-12-10-18(2)11-13-21)30(37)26(42-32)16-20-14-24(34)29(25(15-20)39-4)41-17-22-8-6-7-9-23(22)33/h6-16,28H,5,17H2,1-4H3/b26-16+/t28-/m0/s1. The van der Waals surface area contributed by atoms with Gasteiger partial charge in [0.15, 0.2) is 16.3 Å². The second kappa shape index (κ2) is 12.6. The summed E-state index contributed by atoms with van der Waals surface area (Å²) in [5.41, 5.74) is 3.86. The quantitative estimate of drug-likeness (QED) is 0.225. The molecule has 42 heavy (non-hydrogen) atoms. The number of carbonyl (C=O) groups is 1. The van der Waals surface area contributed by atoms with E-state index in [4.69, 9.17) is 37.4 Å². The molecule has 0 amide bonds. The van der Waals surface area contributed by atoms with Crippen LogP contribution in [0.5, 0.6) is 11.5 Å². The van der Waals surface area contributed by atoms with E-state index in [9.17, 15) is 9.59 Å². The third kappa shape index (κ3) is 5.88. The maximum absolute atomic E-state index is 13.9. The number of carbonyl (C=O) groups excluding carboxylic acids is 1. The predicted octanol–water partition coefficient (Wildman–Crippen LogP) is 6.00. The molecule has 10 heteroatoms. The Morgan fingerprint density at radius 1 is 1.07 bits per heavy atom. The number of nitrogens with zero attached hydrogens (tertiary/aromatic N) is 2. The number of hydrogen-bond acceptors (Lipinski definition) is 7. The van der Waals surface area contributed by atoms with Crippen molar-refractivity contribution in [1.82, 2.24) is 4.57 Å². The summed E-state index contributed by atoms with van der Waals surface area (Å²) in [6, 6.07) is 17.9. The largest absolute Gasteiger partial charge is 0.493 e. The van der Waals surface area contributed by atoms with Crippen molar-refractivity contribution >= 4 is 46.6 Å². The Balaban J connectivity index is 1.58. The summed E-state index contributed by atoms with van der Waals surface area (Å²) in [5, 5.41) is 0.906. The molecular formula is C32H28Cl2N2O5S. The Bertz CT molecular complexity index is 1880. The van der Waals surface area contributed by atoms with Crippen LogP contribution < -0.4 is 24.4 Å². The normalized spacial score (nSPS) is 14.8. The third-order valence-electron chi connectivity index (χ3n) is 6.79. The minimum Gasteiger partial charge on any atom is -0.493 e. The molecule has 0 saturated carbocycles. The number of esters is 1. The second-order valence-corrected chi connectivity index (χ2v) is 11.5. The van der Waals surface area contributed by atoms with Crippen LogP contribution in [-0.4, -0.2) is 24.3 Å². The first-order valence-electron chi connectivity index (χ1n) is 13.2. The summed E-state index contributed by atoms with van der Waals surface area (Å²) in [7, 11) is 1.52. The molecule has 0 aliphatic carbocycles. The van der Waals surface area contributed by atoms with Crippen molar-refractivity contribution in [2.45, 2.75) is 33.4 Å². The van der Waals surface area contributed by atoms with E-state index in [0.29, 0.717) is 47.7 Å². The molecule has 0 saturated heterocycles. The molecular weight excluding hydrogens is 595 g/mol. The van der Waals surface area contributed by atoms with Crippen LogP contribution in [0.1, 0.15) is 42.1 Å². The first-order valence-corrected chi connectivity index (χ1v) is 14.8. The van der Waals surface area contributed by atoms with Crippen LogP contribution in [0.25, 0.3) is 6.08 Å². The number of aryl methyl sites for hydroxylation is 1. The summed E-state index contributed by atoms with van der Waals surface area (Å²) < 4.78 is 18.9. The highest BCUT2D eigenvalue weighted by Gasteiger charge is 2.33. The number of ether oxygens (including phenoxy) is 3. The van der Waals surface area contributed by atoms with Crippen LogP contribution in [0.4, 0.5) is 0 Å². The molecule has 0 spiro atoms. The molecule has 3 aromatic carbocycles. The number of fused-ring (bicyclic) bond motifs is 1. The van der Waals surface area contributed by atoms with Crippen molar-refractivity contribution in [1.29, 1.82) is 0 Å². The van der Waals surface area contributed by atoms with Gasteiger partial charge in [-0.15, -0.1) is 0 Å². The zero-order valence-corrected chi connectivity index (χ0v) is 25.8. The topological polar surface area (TPSA) is 79.1 Å². The SMILES string of the molecule is CCOC(=O)C1=C(C)N=c2s/c(=C/c3cc(Cl)c(OCc4ccccc4Cl)c(OC)c3)c(=O)n2[C@H]1c1ccc(C)cc1. The van der Waals surface area contributed by atoms with E-state index < -0.39 is 12.0 Å². The highest BCUT2D eigenvalue weighted by atomic mass is 35.5. The number of halogens is 2. The lowest BCUT2D eigenvalue weighted by molar-refractivity contribution is -0.139. The molecule has 5 rings (SSSR count). The van der Waals surface area contributed by atoms with Gasteiger partial charge in [0.25, 0.3) is 5.56 Å². The van der Waals surface area contributed by atoms with Crippen LogP contribution >= 0.6 is 34.5 Å². The number of hydrogen-bond donors (Lipinski definition) is 0. The van der Waals surface area contributed by atoms with Gasteiger partial charge in [0, 0.05) is 10.6 Å². The summed E-state index contributed by atoms with van der Waals surface area (Å²) in [5.74, 6) is 0.279. The molecule has 1 aliphatic heterocycles. The van der Waals surface area contributed by atoms with Gasteiger partial charge in [-0.05, 0) is 56.2 Å². The van der Waals surface area contributed by atoms with E-state index in [2.05, 4.69) is 4.99 Å². The molecule has 0 unspecified atom stereocenters. The van der Waals surface area contributed by atoms with E-state index in [1.165, 1.54) is 18.4 Å². The monoisotopic (exact) mass is 622 g/mol. The first kappa shape index (κ1) is 29.6. The minimum atomic E-state index is -0.679. The van der Waals surface area contributed by atoms with Crippen LogP contribution in [0.3, 0.4) is 0 Å². The number of aromatic nitrogens is 1. The van der Waals surface area contributed by atoms with E-state index in [-0.39, 0.29) is 18.8 Å². The zero-order valence-electron chi connectivity index (χ0n) is 23.4. The Morgan fingerprint density at radius 2 is 1.81 bits per heavy atom. The fourth-order valence-electron chi connectivity index (χ4n) is 4.74. The highest BCUT2D eigenvalue weighted by molar-refractivity contribution is 7.07. The second-order valence-electron chi connectivity index (χ2n) is 9.63. The lowest BCUT2D eigenvalue weighted by Gasteiger charge is -2.24. The molecule has 0 radical (unpaired) electrons. The molecule has 7 nitrogen and oxygen atoms in total.